The van der Waals surface area contributed by atoms with E-state index in [2.05, 4.69) is 20.6 Å². The maximum Gasteiger partial charge on any atom is 0.263 e. The molecule has 0 bridgehead atoms. The van der Waals surface area contributed by atoms with Crippen molar-refractivity contribution >= 4 is 17.2 Å². The second-order valence-electron chi connectivity index (χ2n) is 4.39. The molecule has 0 atom stereocenters. The molecule has 0 aliphatic heterocycles. The van der Waals surface area contributed by atoms with Gasteiger partial charge in [0.1, 0.15) is 4.88 Å². The van der Waals surface area contributed by atoms with E-state index >= 15 is 0 Å². The maximum absolute atomic E-state index is 11.7. The lowest BCUT2D eigenvalue weighted by atomic mass is 10.3. The van der Waals surface area contributed by atoms with Crippen molar-refractivity contribution in [2.75, 3.05) is 13.1 Å². The molecule has 2 aromatic heterocycles. The predicted octanol–water partition coefficient (Wildman–Crippen LogP) is 1.76. The van der Waals surface area contributed by atoms with Crippen molar-refractivity contribution < 1.29 is 4.79 Å². The van der Waals surface area contributed by atoms with Gasteiger partial charge in [-0.05, 0) is 31.5 Å². The number of amides is 1. The van der Waals surface area contributed by atoms with Gasteiger partial charge in [-0.1, -0.05) is 6.07 Å². The van der Waals surface area contributed by atoms with Crippen molar-refractivity contribution in [2.24, 2.45) is 0 Å². The monoisotopic (exact) mass is 290 g/mol. The molecule has 1 amide bonds. The van der Waals surface area contributed by atoms with Crippen LogP contribution in [0.25, 0.3) is 0 Å². The Morgan fingerprint density at radius 3 is 2.95 bits per heavy atom. The number of rotatable bonds is 7. The highest BCUT2D eigenvalue weighted by Crippen LogP contribution is 2.10. The Hall–Kier alpha value is -1.79. The Kier molecular flexibility index (Phi) is 5.64. The van der Waals surface area contributed by atoms with Gasteiger partial charge in [0.25, 0.3) is 5.91 Å². The summed E-state index contributed by atoms with van der Waals surface area (Å²) in [7, 11) is 0. The van der Waals surface area contributed by atoms with Gasteiger partial charge in [0.05, 0.1) is 11.2 Å². The molecule has 106 valence electrons. The van der Waals surface area contributed by atoms with Crippen LogP contribution in [-0.4, -0.2) is 29.0 Å². The highest BCUT2D eigenvalue weighted by molar-refractivity contribution is 7.13. The van der Waals surface area contributed by atoms with Gasteiger partial charge in [0.2, 0.25) is 0 Å². The van der Waals surface area contributed by atoms with Gasteiger partial charge in [0.15, 0.2) is 0 Å². The molecule has 0 fully saturated rings. The summed E-state index contributed by atoms with van der Waals surface area (Å²) in [6, 6.07) is 3.96. The quantitative estimate of drug-likeness (QED) is 0.763. The number of carbonyl (C=O) groups is 1. The summed E-state index contributed by atoms with van der Waals surface area (Å²) in [5, 5.41) is 7.12. The molecule has 0 spiro atoms. The molecular formula is C14H18N4OS. The summed E-state index contributed by atoms with van der Waals surface area (Å²) < 4.78 is 0. The van der Waals surface area contributed by atoms with Crippen LogP contribution >= 0.6 is 11.3 Å². The van der Waals surface area contributed by atoms with Crippen LogP contribution in [0.2, 0.25) is 0 Å². The molecule has 0 aliphatic rings. The highest BCUT2D eigenvalue weighted by atomic mass is 32.1. The molecule has 6 heteroatoms. The Balaban J connectivity index is 1.57. The second kappa shape index (κ2) is 7.72. The van der Waals surface area contributed by atoms with Gasteiger partial charge in [-0.3, -0.25) is 9.78 Å². The molecule has 2 rings (SSSR count). The fourth-order valence-electron chi connectivity index (χ4n) is 1.70. The van der Waals surface area contributed by atoms with Crippen LogP contribution in [0.1, 0.15) is 26.7 Å². The average molecular weight is 290 g/mol. The Labute approximate surface area is 122 Å². The van der Waals surface area contributed by atoms with Crippen LogP contribution in [0.3, 0.4) is 0 Å². The third-order valence-electron chi connectivity index (χ3n) is 2.71. The van der Waals surface area contributed by atoms with Gasteiger partial charge in [0, 0.05) is 25.5 Å². The normalized spacial score (nSPS) is 10.4. The third-order valence-corrected chi connectivity index (χ3v) is 3.62. The number of nitrogens with one attached hydrogen (secondary N) is 2. The van der Waals surface area contributed by atoms with Crippen LogP contribution in [0.5, 0.6) is 0 Å². The zero-order valence-corrected chi connectivity index (χ0v) is 12.2. The van der Waals surface area contributed by atoms with E-state index in [1.165, 1.54) is 11.3 Å². The molecule has 5 nitrogen and oxygen atoms in total. The molecule has 2 heterocycles. The van der Waals surface area contributed by atoms with Gasteiger partial charge in [-0.25, -0.2) is 4.98 Å². The molecular weight excluding hydrogens is 272 g/mol. The minimum Gasteiger partial charge on any atom is -0.351 e. The summed E-state index contributed by atoms with van der Waals surface area (Å²) in [4.78, 5) is 20.5. The van der Waals surface area contributed by atoms with Gasteiger partial charge in [-0.15, -0.1) is 11.3 Å². The lowest BCUT2D eigenvalue weighted by Gasteiger charge is -2.05. The van der Waals surface area contributed by atoms with E-state index < -0.39 is 0 Å². The number of carbonyl (C=O) groups excluding carboxylic acids is 1. The molecule has 0 saturated heterocycles. The first-order valence-corrected chi connectivity index (χ1v) is 7.37. The van der Waals surface area contributed by atoms with E-state index in [-0.39, 0.29) is 5.91 Å². The van der Waals surface area contributed by atoms with Gasteiger partial charge in [-0.2, -0.15) is 0 Å². The van der Waals surface area contributed by atoms with Crippen molar-refractivity contribution in [1.82, 2.24) is 20.6 Å². The zero-order chi connectivity index (χ0) is 14.2. The molecule has 0 radical (unpaired) electrons. The number of hydrogen-bond donors (Lipinski definition) is 2. The highest BCUT2D eigenvalue weighted by Gasteiger charge is 2.07. The summed E-state index contributed by atoms with van der Waals surface area (Å²) in [5.41, 5.74) is 1.16. The first kappa shape index (κ1) is 14.6. The number of aryl methyl sites for hydroxylation is 1. The number of nitrogens with zero attached hydrogens (tertiary/aromatic N) is 2. The summed E-state index contributed by atoms with van der Waals surface area (Å²) in [6.07, 6.45) is 6.13. The van der Waals surface area contributed by atoms with E-state index in [1.807, 2.05) is 25.3 Å². The van der Waals surface area contributed by atoms with Gasteiger partial charge < -0.3 is 10.6 Å². The van der Waals surface area contributed by atoms with Crippen molar-refractivity contribution in [3.8, 4) is 0 Å². The van der Waals surface area contributed by atoms with E-state index in [0.29, 0.717) is 11.4 Å². The number of aromatic nitrogens is 2. The molecule has 0 saturated carbocycles. The van der Waals surface area contributed by atoms with E-state index in [9.17, 15) is 4.79 Å². The van der Waals surface area contributed by atoms with E-state index in [1.54, 1.807) is 12.4 Å². The number of hydrogen-bond acceptors (Lipinski definition) is 5. The first-order chi connectivity index (χ1) is 9.75. The average Bonchev–Trinajstić information content (AvgIpc) is 2.90. The number of pyridine rings is 1. The van der Waals surface area contributed by atoms with Crippen molar-refractivity contribution in [2.45, 2.75) is 19.9 Å². The molecule has 20 heavy (non-hydrogen) atoms. The van der Waals surface area contributed by atoms with Crippen LogP contribution in [-0.2, 0) is 6.54 Å². The maximum atomic E-state index is 11.7. The second-order valence-corrected chi connectivity index (χ2v) is 5.63. The van der Waals surface area contributed by atoms with Crippen molar-refractivity contribution in [1.29, 1.82) is 0 Å². The molecule has 0 aliphatic carbocycles. The van der Waals surface area contributed by atoms with Crippen LogP contribution in [0, 0.1) is 6.92 Å². The fourth-order valence-corrected chi connectivity index (χ4v) is 2.40. The smallest absolute Gasteiger partial charge is 0.263 e. The van der Waals surface area contributed by atoms with Crippen LogP contribution in [0.15, 0.2) is 30.7 Å². The molecule has 2 N–H and O–H groups in total. The Morgan fingerprint density at radius 1 is 1.35 bits per heavy atom. The molecule has 0 unspecified atom stereocenters. The van der Waals surface area contributed by atoms with E-state index in [0.717, 1.165) is 30.1 Å². The van der Waals surface area contributed by atoms with Crippen LogP contribution < -0.4 is 10.6 Å². The SMILES string of the molecule is Cc1ncc(C(=O)NCCCNCc2cccnc2)s1. The summed E-state index contributed by atoms with van der Waals surface area (Å²) >= 11 is 1.42. The summed E-state index contributed by atoms with van der Waals surface area (Å²) in [5.74, 6) is -0.0390. The number of thiazole rings is 1. The largest absolute Gasteiger partial charge is 0.351 e. The lowest BCUT2D eigenvalue weighted by molar-refractivity contribution is 0.0957. The molecule has 0 aromatic carbocycles. The first-order valence-electron chi connectivity index (χ1n) is 6.56. The van der Waals surface area contributed by atoms with Crippen LogP contribution in [0.4, 0.5) is 0 Å². The zero-order valence-electron chi connectivity index (χ0n) is 11.4. The Morgan fingerprint density at radius 2 is 2.25 bits per heavy atom. The van der Waals surface area contributed by atoms with Crippen molar-refractivity contribution in [3.05, 3.63) is 46.2 Å². The van der Waals surface area contributed by atoms with Gasteiger partial charge >= 0.3 is 0 Å². The third kappa shape index (κ3) is 4.71. The standard InChI is InChI=1S/C14H18N4OS/c1-11-18-10-13(20-11)14(19)17-7-3-6-16-9-12-4-2-5-15-8-12/h2,4-5,8,10,16H,3,6-7,9H2,1H3,(H,17,19). The van der Waals surface area contributed by atoms with Crippen molar-refractivity contribution in [3.63, 3.8) is 0 Å². The fraction of sp³-hybridized carbons (Fsp3) is 0.357. The minimum atomic E-state index is -0.0390. The molecule has 2 aromatic rings. The predicted molar refractivity (Wildman–Crippen MR) is 79.7 cm³/mol. The lowest BCUT2D eigenvalue weighted by Crippen LogP contribution is -2.26. The summed E-state index contributed by atoms with van der Waals surface area (Å²) in [6.45, 7) is 4.21. The van der Waals surface area contributed by atoms with E-state index in [4.69, 9.17) is 0 Å². The topological polar surface area (TPSA) is 66.9 Å². The Bertz CT molecular complexity index is 541. The minimum absolute atomic E-state index is 0.0390.